The average Bonchev–Trinajstić information content (AvgIpc) is 3.25. The number of allylic oxidation sites excluding steroid dienone is 2. The number of benzene rings is 2. The molecule has 36 heavy (non-hydrogen) atoms. The molecule has 0 saturated carbocycles. The van der Waals surface area contributed by atoms with E-state index in [-0.39, 0.29) is 24.7 Å². The van der Waals surface area contributed by atoms with Gasteiger partial charge >= 0.3 is 5.97 Å². The lowest BCUT2D eigenvalue weighted by Crippen LogP contribution is -2.45. The number of carbonyl (C=O) groups is 1. The summed E-state index contributed by atoms with van der Waals surface area (Å²) in [6.45, 7) is 9.24. The maximum atomic E-state index is 10.9. The molecular formula is C31H43NO4. The summed E-state index contributed by atoms with van der Waals surface area (Å²) in [6.07, 6.45) is 6.01. The number of aliphatic hydroxyl groups is 1. The molecule has 1 aliphatic rings. The largest absolute Gasteiger partial charge is 0.481 e. The molecule has 0 amide bonds. The van der Waals surface area contributed by atoms with Crippen molar-refractivity contribution in [3.05, 3.63) is 76.9 Å². The van der Waals surface area contributed by atoms with Crippen molar-refractivity contribution in [2.24, 2.45) is 5.92 Å². The van der Waals surface area contributed by atoms with Gasteiger partial charge in [-0.15, -0.1) is 0 Å². The molecular weight excluding hydrogens is 450 g/mol. The summed E-state index contributed by atoms with van der Waals surface area (Å²) in [5.41, 5.74) is 6.16. The summed E-state index contributed by atoms with van der Waals surface area (Å²) in [6, 6.07) is 16.8. The number of ether oxygens (including phenoxy) is 1. The highest BCUT2D eigenvalue weighted by Gasteiger charge is 2.28. The smallest absolute Gasteiger partial charge is 0.303 e. The third-order valence-electron chi connectivity index (χ3n) is 7.16. The highest BCUT2D eigenvalue weighted by Crippen LogP contribution is 2.32. The summed E-state index contributed by atoms with van der Waals surface area (Å²) in [4.78, 5) is 10.9. The quantitative estimate of drug-likeness (QED) is 0.303. The van der Waals surface area contributed by atoms with Crippen molar-refractivity contribution in [2.75, 3.05) is 13.2 Å². The highest BCUT2D eigenvalue weighted by atomic mass is 16.5. The Morgan fingerprint density at radius 2 is 1.78 bits per heavy atom. The zero-order valence-electron chi connectivity index (χ0n) is 22.3. The van der Waals surface area contributed by atoms with Crippen molar-refractivity contribution in [1.82, 2.24) is 5.32 Å². The molecule has 0 heterocycles. The molecule has 2 atom stereocenters. The third-order valence-corrected chi connectivity index (χ3v) is 7.16. The van der Waals surface area contributed by atoms with Gasteiger partial charge < -0.3 is 20.3 Å². The number of aliphatic carboxylic acids is 1. The standard InChI is InChI=1S/C31H43NO4/c1-5-24(13-10-16-30(34)35)29-15-9-8-14-28(29)22(2)36-21-27(33)20-32-31(3,4)19-23-17-25-11-6-7-12-26(25)18-23/h6-9,11-15,22-23,27,32-33H,5,10,16-21H2,1-4H3,(H,34,35)/b24-13+/t22-,27+/m1/s1. The van der Waals surface area contributed by atoms with E-state index >= 15 is 0 Å². The van der Waals surface area contributed by atoms with Gasteiger partial charge in [-0.05, 0) is 86.6 Å². The average molecular weight is 494 g/mol. The van der Waals surface area contributed by atoms with Crippen LogP contribution < -0.4 is 5.32 Å². The van der Waals surface area contributed by atoms with Crippen LogP contribution in [0, 0.1) is 5.92 Å². The maximum absolute atomic E-state index is 10.9. The Bertz CT molecular complexity index is 1000. The minimum Gasteiger partial charge on any atom is -0.481 e. The maximum Gasteiger partial charge on any atom is 0.303 e. The van der Waals surface area contributed by atoms with Gasteiger partial charge in [-0.25, -0.2) is 0 Å². The van der Waals surface area contributed by atoms with Crippen molar-refractivity contribution < 1.29 is 19.7 Å². The number of β-amino-alcohol motifs (C(OH)–C–C–N with tert-alkyl or cyclic N) is 1. The van der Waals surface area contributed by atoms with Crippen LogP contribution >= 0.6 is 0 Å². The van der Waals surface area contributed by atoms with E-state index < -0.39 is 12.1 Å². The molecule has 0 fully saturated rings. The second-order valence-electron chi connectivity index (χ2n) is 10.7. The van der Waals surface area contributed by atoms with Crippen LogP contribution in [0.1, 0.15) is 81.7 Å². The number of carboxylic acid groups (broad SMARTS) is 1. The van der Waals surface area contributed by atoms with Crippen molar-refractivity contribution in [3.8, 4) is 0 Å². The van der Waals surface area contributed by atoms with E-state index in [1.165, 1.54) is 11.1 Å². The lowest BCUT2D eigenvalue weighted by atomic mass is 9.88. The van der Waals surface area contributed by atoms with Crippen LogP contribution in [0.15, 0.2) is 54.6 Å². The third kappa shape index (κ3) is 8.29. The van der Waals surface area contributed by atoms with Gasteiger partial charge in [-0.1, -0.05) is 61.5 Å². The topological polar surface area (TPSA) is 78.8 Å². The summed E-state index contributed by atoms with van der Waals surface area (Å²) in [5.74, 6) is -0.156. The van der Waals surface area contributed by atoms with Crippen LogP contribution in [-0.4, -0.2) is 41.0 Å². The molecule has 3 N–H and O–H groups in total. The summed E-state index contributed by atoms with van der Waals surface area (Å²) >= 11 is 0. The number of nitrogens with one attached hydrogen (secondary N) is 1. The molecule has 5 heteroatoms. The van der Waals surface area contributed by atoms with Gasteiger partial charge in [-0.2, -0.15) is 0 Å². The number of hydrogen-bond donors (Lipinski definition) is 3. The molecule has 0 unspecified atom stereocenters. The van der Waals surface area contributed by atoms with Crippen LogP contribution in [0.2, 0.25) is 0 Å². The molecule has 0 saturated heterocycles. The SMILES string of the molecule is CC/C(=C\CCC(=O)O)c1ccccc1[C@@H](C)OC[C@@H](O)CNC(C)(C)CC1Cc2ccccc2C1. The fraction of sp³-hybridized carbons (Fsp3) is 0.516. The zero-order chi connectivity index (χ0) is 26.1. The Balaban J connectivity index is 1.49. The minimum absolute atomic E-state index is 0.0668. The fourth-order valence-corrected chi connectivity index (χ4v) is 5.34. The number of carboxylic acids is 1. The van der Waals surface area contributed by atoms with Crippen LogP contribution in [0.3, 0.4) is 0 Å². The first kappa shape index (κ1) is 28.1. The molecule has 2 aromatic rings. The van der Waals surface area contributed by atoms with Gasteiger partial charge in [-0.3, -0.25) is 4.79 Å². The van der Waals surface area contributed by atoms with Gasteiger partial charge in [0.05, 0.1) is 18.8 Å². The Hall–Kier alpha value is -2.47. The van der Waals surface area contributed by atoms with E-state index in [2.05, 4.69) is 56.4 Å². The second kappa shape index (κ2) is 13.2. The van der Waals surface area contributed by atoms with Gasteiger partial charge in [0, 0.05) is 18.5 Å². The molecule has 0 bridgehead atoms. The Labute approximate surface area is 216 Å². The number of rotatable bonds is 14. The monoisotopic (exact) mass is 493 g/mol. The van der Waals surface area contributed by atoms with E-state index in [0.717, 1.165) is 42.4 Å². The first-order valence-corrected chi connectivity index (χ1v) is 13.3. The Morgan fingerprint density at radius 1 is 1.14 bits per heavy atom. The molecule has 0 spiro atoms. The molecule has 3 rings (SSSR count). The highest BCUT2D eigenvalue weighted by molar-refractivity contribution is 5.70. The first-order chi connectivity index (χ1) is 17.2. The van der Waals surface area contributed by atoms with Crippen LogP contribution in [-0.2, 0) is 22.4 Å². The molecule has 1 aliphatic carbocycles. The Morgan fingerprint density at radius 3 is 2.42 bits per heavy atom. The predicted octanol–water partition coefficient (Wildman–Crippen LogP) is 5.96. The van der Waals surface area contributed by atoms with Crippen LogP contribution in [0.5, 0.6) is 0 Å². The molecule has 5 nitrogen and oxygen atoms in total. The van der Waals surface area contributed by atoms with Gasteiger partial charge in [0.15, 0.2) is 0 Å². The number of fused-ring (bicyclic) bond motifs is 1. The van der Waals surface area contributed by atoms with Gasteiger partial charge in [0.25, 0.3) is 0 Å². The first-order valence-electron chi connectivity index (χ1n) is 13.3. The second-order valence-corrected chi connectivity index (χ2v) is 10.7. The summed E-state index contributed by atoms with van der Waals surface area (Å²) in [7, 11) is 0. The molecule has 2 aromatic carbocycles. The lowest BCUT2D eigenvalue weighted by Gasteiger charge is -2.31. The fourth-order valence-electron chi connectivity index (χ4n) is 5.34. The molecule has 0 aromatic heterocycles. The van der Waals surface area contributed by atoms with Gasteiger partial charge in [0.1, 0.15) is 0 Å². The van der Waals surface area contributed by atoms with E-state index in [9.17, 15) is 9.90 Å². The van der Waals surface area contributed by atoms with E-state index in [0.29, 0.717) is 18.9 Å². The van der Waals surface area contributed by atoms with Crippen molar-refractivity contribution in [2.45, 2.75) is 84.0 Å². The normalized spacial score (nSPS) is 16.1. The predicted molar refractivity (Wildman–Crippen MR) is 146 cm³/mol. The number of aliphatic hydroxyl groups excluding tert-OH is 1. The van der Waals surface area contributed by atoms with E-state index in [1.807, 2.05) is 31.2 Å². The van der Waals surface area contributed by atoms with Crippen molar-refractivity contribution >= 4 is 11.5 Å². The molecule has 196 valence electrons. The minimum atomic E-state index is -0.786. The summed E-state index contributed by atoms with van der Waals surface area (Å²) in [5, 5.41) is 23.2. The van der Waals surface area contributed by atoms with E-state index in [4.69, 9.17) is 9.84 Å². The lowest BCUT2D eigenvalue weighted by molar-refractivity contribution is -0.136. The molecule has 0 radical (unpaired) electrons. The van der Waals surface area contributed by atoms with E-state index in [1.54, 1.807) is 0 Å². The van der Waals surface area contributed by atoms with Gasteiger partial charge in [0.2, 0.25) is 0 Å². The Kier molecular flexibility index (Phi) is 10.3. The number of hydrogen-bond acceptors (Lipinski definition) is 4. The van der Waals surface area contributed by atoms with Crippen LogP contribution in [0.4, 0.5) is 0 Å². The van der Waals surface area contributed by atoms with Crippen LogP contribution in [0.25, 0.3) is 5.57 Å². The van der Waals surface area contributed by atoms with Crippen molar-refractivity contribution in [1.29, 1.82) is 0 Å². The summed E-state index contributed by atoms with van der Waals surface area (Å²) < 4.78 is 6.10. The van der Waals surface area contributed by atoms with Crippen molar-refractivity contribution in [3.63, 3.8) is 0 Å². The zero-order valence-corrected chi connectivity index (χ0v) is 22.3. The molecule has 0 aliphatic heterocycles.